The fourth-order valence-electron chi connectivity index (χ4n) is 1.55. The number of halogens is 2. The highest BCUT2D eigenvalue weighted by atomic mass is 79.9. The molecule has 1 aromatic carbocycles. The number of benzene rings is 1. The van der Waals surface area contributed by atoms with Crippen LogP contribution in [0.15, 0.2) is 27.6 Å². The Labute approximate surface area is 121 Å². The largest absolute Gasteiger partial charge is 0.380 e. The van der Waals surface area contributed by atoms with E-state index in [2.05, 4.69) is 15.9 Å². The summed E-state index contributed by atoms with van der Waals surface area (Å²) in [7, 11) is -3.68. The summed E-state index contributed by atoms with van der Waals surface area (Å²) in [6, 6.07) is 3.78. The zero-order chi connectivity index (χ0) is 14.5. The summed E-state index contributed by atoms with van der Waals surface area (Å²) in [5.41, 5.74) is 0. The van der Waals surface area contributed by atoms with E-state index in [4.69, 9.17) is 4.74 Å². The van der Waals surface area contributed by atoms with Crippen molar-refractivity contribution in [3.05, 3.63) is 28.5 Å². The molecule has 0 aliphatic carbocycles. The Balaban J connectivity index is 2.96. The molecule has 0 aromatic heterocycles. The van der Waals surface area contributed by atoms with Crippen molar-refractivity contribution in [2.45, 2.75) is 18.7 Å². The second kappa shape index (κ2) is 7.33. The van der Waals surface area contributed by atoms with Crippen LogP contribution in [0.2, 0.25) is 0 Å². The van der Waals surface area contributed by atoms with Gasteiger partial charge < -0.3 is 4.74 Å². The molecule has 19 heavy (non-hydrogen) atoms. The second-order valence-corrected chi connectivity index (χ2v) is 6.56. The number of hydrogen-bond acceptors (Lipinski definition) is 3. The van der Waals surface area contributed by atoms with Gasteiger partial charge in [-0.2, -0.15) is 4.31 Å². The number of rotatable bonds is 7. The first kappa shape index (κ1) is 16.6. The molecule has 0 spiro atoms. The highest BCUT2D eigenvalue weighted by molar-refractivity contribution is 9.10. The first-order chi connectivity index (χ1) is 8.93. The SMILES string of the molecule is CCOCCN(CC)S(=O)(=O)c1ccc(Br)c(F)c1. The molecule has 7 heteroatoms. The lowest BCUT2D eigenvalue weighted by atomic mass is 10.3. The predicted molar refractivity (Wildman–Crippen MR) is 75.0 cm³/mol. The summed E-state index contributed by atoms with van der Waals surface area (Å²) >= 11 is 3.00. The van der Waals surface area contributed by atoms with Crippen molar-refractivity contribution in [3.8, 4) is 0 Å². The Hall–Kier alpha value is -0.500. The molecule has 0 bridgehead atoms. The molecule has 0 saturated carbocycles. The summed E-state index contributed by atoms with van der Waals surface area (Å²) in [5.74, 6) is -0.595. The van der Waals surface area contributed by atoms with Crippen LogP contribution in [0, 0.1) is 5.82 Å². The van der Waals surface area contributed by atoms with E-state index in [9.17, 15) is 12.8 Å². The maximum Gasteiger partial charge on any atom is 0.243 e. The average molecular weight is 354 g/mol. The van der Waals surface area contributed by atoms with Crippen LogP contribution in [0.25, 0.3) is 0 Å². The predicted octanol–water partition coefficient (Wildman–Crippen LogP) is 2.64. The van der Waals surface area contributed by atoms with Crippen LogP contribution in [-0.2, 0) is 14.8 Å². The third kappa shape index (κ3) is 4.24. The van der Waals surface area contributed by atoms with Crippen LogP contribution in [0.5, 0.6) is 0 Å². The highest BCUT2D eigenvalue weighted by Crippen LogP contribution is 2.21. The van der Waals surface area contributed by atoms with Crippen LogP contribution < -0.4 is 0 Å². The Morgan fingerprint density at radius 1 is 1.37 bits per heavy atom. The monoisotopic (exact) mass is 353 g/mol. The standard InChI is InChI=1S/C12H17BrFNO3S/c1-3-15(7-8-18-4-2)19(16,17)10-5-6-11(13)12(14)9-10/h5-6,9H,3-4,7-8H2,1-2H3. The normalized spacial score (nSPS) is 12.1. The molecule has 1 rings (SSSR count). The number of likely N-dealkylation sites (N-methyl/N-ethyl adjacent to an activating group) is 1. The van der Waals surface area contributed by atoms with E-state index in [1.807, 2.05) is 6.92 Å². The van der Waals surface area contributed by atoms with Crippen LogP contribution in [-0.4, -0.2) is 39.0 Å². The first-order valence-corrected chi connectivity index (χ1v) is 8.19. The molecule has 1 aromatic rings. The van der Waals surface area contributed by atoms with Gasteiger partial charge in [-0.3, -0.25) is 0 Å². The van der Waals surface area contributed by atoms with Gasteiger partial charge in [0.2, 0.25) is 10.0 Å². The van der Waals surface area contributed by atoms with Crippen molar-refractivity contribution in [3.63, 3.8) is 0 Å². The minimum Gasteiger partial charge on any atom is -0.380 e. The molecule has 0 atom stereocenters. The minimum absolute atomic E-state index is 0.0495. The van der Waals surface area contributed by atoms with Gasteiger partial charge in [-0.05, 0) is 41.1 Å². The van der Waals surface area contributed by atoms with Gasteiger partial charge in [0.05, 0.1) is 16.0 Å². The topological polar surface area (TPSA) is 46.6 Å². The van der Waals surface area contributed by atoms with Gasteiger partial charge in [0.1, 0.15) is 5.82 Å². The lowest BCUT2D eigenvalue weighted by Crippen LogP contribution is -2.34. The summed E-state index contributed by atoms with van der Waals surface area (Å²) in [6.07, 6.45) is 0. The van der Waals surface area contributed by atoms with Crippen molar-refractivity contribution in [2.75, 3.05) is 26.3 Å². The Morgan fingerprint density at radius 3 is 2.58 bits per heavy atom. The zero-order valence-corrected chi connectivity index (χ0v) is 13.3. The molecule has 0 radical (unpaired) electrons. The lowest BCUT2D eigenvalue weighted by Gasteiger charge is -2.20. The second-order valence-electron chi connectivity index (χ2n) is 3.77. The molecule has 0 fully saturated rings. The summed E-state index contributed by atoms with van der Waals surface area (Å²) < 4.78 is 44.7. The molecule has 4 nitrogen and oxygen atoms in total. The molecule has 0 amide bonds. The maximum absolute atomic E-state index is 13.4. The van der Waals surface area contributed by atoms with Crippen LogP contribution in [0.4, 0.5) is 4.39 Å². The average Bonchev–Trinajstić information content (AvgIpc) is 2.37. The molecular weight excluding hydrogens is 337 g/mol. The van der Waals surface area contributed by atoms with Gasteiger partial charge in [0.15, 0.2) is 0 Å². The molecule has 108 valence electrons. The van der Waals surface area contributed by atoms with E-state index in [1.165, 1.54) is 16.4 Å². The van der Waals surface area contributed by atoms with E-state index in [0.717, 1.165) is 6.07 Å². The molecule has 0 unspecified atom stereocenters. The van der Waals surface area contributed by atoms with Crippen molar-refractivity contribution in [2.24, 2.45) is 0 Å². The summed E-state index contributed by atoms with van der Waals surface area (Å²) in [4.78, 5) is -0.0495. The first-order valence-electron chi connectivity index (χ1n) is 5.96. The van der Waals surface area contributed by atoms with Gasteiger partial charge >= 0.3 is 0 Å². The molecule has 0 saturated heterocycles. The zero-order valence-electron chi connectivity index (χ0n) is 10.9. The van der Waals surface area contributed by atoms with E-state index in [1.54, 1.807) is 6.92 Å². The van der Waals surface area contributed by atoms with E-state index >= 15 is 0 Å². The molecular formula is C12H17BrFNO3S. The number of sulfonamides is 1. The molecule has 0 heterocycles. The van der Waals surface area contributed by atoms with E-state index in [-0.39, 0.29) is 15.9 Å². The van der Waals surface area contributed by atoms with Crippen molar-refractivity contribution in [1.29, 1.82) is 0 Å². The van der Waals surface area contributed by atoms with Gasteiger partial charge in [-0.1, -0.05) is 6.92 Å². The third-order valence-corrected chi connectivity index (χ3v) is 5.18. The smallest absolute Gasteiger partial charge is 0.243 e. The van der Waals surface area contributed by atoms with Crippen molar-refractivity contribution in [1.82, 2.24) is 4.31 Å². The fourth-order valence-corrected chi connectivity index (χ4v) is 3.24. The highest BCUT2D eigenvalue weighted by Gasteiger charge is 2.23. The van der Waals surface area contributed by atoms with Gasteiger partial charge in [-0.15, -0.1) is 0 Å². The lowest BCUT2D eigenvalue weighted by molar-refractivity contribution is 0.135. The van der Waals surface area contributed by atoms with Gasteiger partial charge in [0.25, 0.3) is 0 Å². The quantitative estimate of drug-likeness (QED) is 0.708. The summed E-state index contributed by atoms with van der Waals surface area (Å²) in [5, 5.41) is 0. The van der Waals surface area contributed by atoms with Crippen molar-refractivity contribution < 1.29 is 17.5 Å². The number of ether oxygens (including phenoxy) is 1. The number of nitrogens with zero attached hydrogens (tertiary/aromatic N) is 1. The third-order valence-electron chi connectivity index (χ3n) is 2.57. The Morgan fingerprint density at radius 2 is 2.05 bits per heavy atom. The Kier molecular flexibility index (Phi) is 6.38. The molecule has 0 aliphatic heterocycles. The van der Waals surface area contributed by atoms with Crippen LogP contribution >= 0.6 is 15.9 Å². The maximum atomic E-state index is 13.4. The van der Waals surface area contributed by atoms with Crippen LogP contribution in [0.1, 0.15) is 13.8 Å². The van der Waals surface area contributed by atoms with Gasteiger partial charge in [0, 0.05) is 19.7 Å². The number of hydrogen-bond donors (Lipinski definition) is 0. The molecule has 0 aliphatic rings. The van der Waals surface area contributed by atoms with E-state index in [0.29, 0.717) is 19.8 Å². The molecule has 0 N–H and O–H groups in total. The van der Waals surface area contributed by atoms with Crippen LogP contribution in [0.3, 0.4) is 0 Å². The Bertz CT molecular complexity index is 522. The summed E-state index contributed by atoms with van der Waals surface area (Å²) in [6.45, 7) is 5.00. The fraction of sp³-hybridized carbons (Fsp3) is 0.500. The minimum atomic E-state index is -3.68. The van der Waals surface area contributed by atoms with Crippen molar-refractivity contribution >= 4 is 26.0 Å². The van der Waals surface area contributed by atoms with Gasteiger partial charge in [-0.25, -0.2) is 12.8 Å². The van der Waals surface area contributed by atoms with E-state index < -0.39 is 15.8 Å².